The van der Waals surface area contributed by atoms with Crippen LogP contribution in [-0.4, -0.2) is 30.9 Å². The molecule has 1 nitrogen and oxygen atoms in total. The molecular weight excluding hydrogens is 298 g/mol. The summed E-state index contributed by atoms with van der Waals surface area (Å²) >= 11 is 6.18. The molecule has 1 heterocycles. The molecule has 0 spiro atoms. The fourth-order valence-electron chi connectivity index (χ4n) is 2.70. The van der Waals surface area contributed by atoms with Crippen LogP contribution in [-0.2, 0) is 6.42 Å². The molecule has 0 radical (unpaired) electrons. The maximum Gasteiger partial charge on any atom is 0.0409 e. The Labute approximate surface area is 134 Å². The molecule has 0 fully saturated rings. The maximum absolute atomic E-state index is 6.18. The highest BCUT2D eigenvalue weighted by Crippen LogP contribution is 2.45. The number of halogens is 1. The summed E-state index contributed by atoms with van der Waals surface area (Å²) in [7, 11) is 4.32. The first-order chi connectivity index (χ1) is 10.1. The summed E-state index contributed by atoms with van der Waals surface area (Å²) in [4.78, 5) is 5.15. The molecule has 2 aromatic carbocycles. The Hall–Kier alpha value is -1.09. The zero-order valence-corrected chi connectivity index (χ0v) is 14.0. The lowest BCUT2D eigenvalue weighted by Gasteiger charge is -2.24. The van der Waals surface area contributed by atoms with Crippen molar-refractivity contribution >= 4 is 27.5 Å². The highest BCUT2D eigenvalue weighted by Gasteiger charge is 2.18. The van der Waals surface area contributed by atoms with Gasteiger partial charge >= 0.3 is 0 Å². The van der Waals surface area contributed by atoms with Crippen LogP contribution >= 0.6 is 22.1 Å². The molecule has 0 amide bonds. The summed E-state index contributed by atoms with van der Waals surface area (Å²) in [6, 6.07) is 15.2. The lowest BCUT2D eigenvalue weighted by atomic mass is 10.0. The number of rotatable bonds is 3. The first-order valence-electron chi connectivity index (χ1n) is 7.22. The van der Waals surface area contributed by atoms with E-state index in [0.29, 0.717) is 0 Å². The Bertz CT molecular complexity index is 691. The fraction of sp³-hybridized carbons (Fsp3) is 0.278. The Balaban J connectivity index is 2.05. The predicted molar refractivity (Wildman–Crippen MR) is 94.1 cm³/mol. The largest absolute Gasteiger partial charge is 0.309 e. The third-order valence-electron chi connectivity index (χ3n) is 3.71. The molecule has 0 bridgehead atoms. The van der Waals surface area contributed by atoms with E-state index in [1.165, 1.54) is 20.9 Å². The number of benzene rings is 2. The molecule has 110 valence electrons. The maximum atomic E-state index is 6.18. The second-order valence-electron chi connectivity index (χ2n) is 5.63. The van der Waals surface area contributed by atoms with Gasteiger partial charge in [0.05, 0.1) is 0 Å². The minimum Gasteiger partial charge on any atom is -0.309 e. The number of hydrogen-bond acceptors (Lipinski definition) is 1. The molecule has 0 saturated carbocycles. The van der Waals surface area contributed by atoms with Crippen molar-refractivity contribution in [2.45, 2.75) is 22.6 Å². The molecule has 0 N–H and O–H groups in total. The zero-order chi connectivity index (χ0) is 14.8. The van der Waals surface area contributed by atoms with Crippen molar-refractivity contribution in [3.63, 3.8) is 0 Å². The second kappa shape index (κ2) is 6.35. The van der Waals surface area contributed by atoms with Gasteiger partial charge < -0.3 is 4.90 Å². The normalized spacial score (nSPS) is 16.9. The van der Waals surface area contributed by atoms with Gasteiger partial charge in [-0.25, -0.2) is 0 Å². The van der Waals surface area contributed by atoms with Gasteiger partial charge in [0, 0.05) is 21.4 Å². The van der Waals surface area contributed by atoms with Crippen LogP contribution in [0.15, 0.2) is 52.3 Å². The smallest absolute Gasteiger partial charge is 0.0409 e. The van der Waals surface area contributed by atoms with Gasteiger partial charge in [0.15, 0.2) is 0 Å². The van der Waals surface area contributed by atoms with Gasteiger partial charge in [0.2, 0.25) is 0 Å². The summed E-state index contributed by atoms with van der Waals surface area (Å²) in [6.45, 7) is 1.09. The molecule has 1 unspecified atom stereocenters. The SMILES string of the molecule is CN(C)CCC=S1c2ccccc2Cc2cc(Cl)ccc21. The molecule has 2 aromatic rings. The van der Waals surface area contributed by atoms with Gasteiger partial charge in [-0.05, 0) is 62.3 Å². The number of nitrogens with zero attached hydrogens (tertiary/aromatic N) is 1. The summed E-state index contributed by atoms with van der Waals surface area (Å²) < 4.78 is 0. The van der Waals surface area contributed by atoms with E-state index in [0.717, 1.165) is 24.4 Å². The van der Waals surface area contributed by atoms with Crippen LogP contribution in [0.5, 0.6) is 0 Å². The van der Waals surface area contributed by atoms with Crippen LogP contribution < -0.4 is 0 Å². The van der Waals surface area contributed by atoms with Crippen LogP contribution in [0.4, 0.5) is 0 Å². The van der Waals surface area contributed by atoms with E-state index < -0.39 is 0 Å². The minimum atomic E-state index is 0.0705. The first kappa shape index (κ1) is 14.8. The van der Waals surface area contributed by atoms with Crippen molar-refractivity contribution in [2.24, 2.45) is 0 Å². The van der Waals surface area contributed by atoms with Gasteiger partial charge in [-0.1, -0.05) is 35.2 Å². The molecule has 3 heteroatoms. The van der Waals surface area contributed by atoms with E-state index in [9.17, 15) is 0 Å². The van der Waals surface area contributed by atoms with Gasteiger partial charge in [-0.3, -0.25) is 0 Å². The molecule has 0 saturated heterocycles. The lowest BCUT2D eigenvalue weighted by Crippen LogP contribution is -2.13. The van der Waals surface area contributed by atoms with Crippen LogP contribution in [0.2, 0.25) is 5.02 Å². The summed E-state index contributed by atoms with van der Waals surface area (Å²) in [5.74, 6) is 0. The summed E-state index contributed by atoms with van der Waals surface area (Å²) in [5, 5.41) is 3.31. The Morgan fingerprint density at radius 2 is 1.86 bits per heavy atom. The molecule has 21 heavy (non-hydrogen) atoms. The van der Waals surface area contributed by atoms with Gasteiger partial charge in [-0.2, -0.15) is 0 Å². The summed E-state index contributed by atoms with van der Waals surface area (Å²) in [5.41, 5.74) is 2.82. The van der Waals surface area contributed by atoms with E-state index in [1.807, 2.05) is 6.07 Å². The average molecular weight is 318 g/mol. The zero-order valence-electron chi connectivity index (χ0n) is 12.5. The highest BCUT2D eigenvalue weighted by atomic mass is 35.5. The fourth-order valence-corrected chi connectivity index (χ4v) is 5.10. The van der Waals surface area contributed by atoms with Crippen molar-refractivity contribution in [3.05, 3.63) is 58.6 Å². The molecule has 0 aliphatic carbocycles. The van der Waals surface area contributed by atoms with Gasteiger partial charge in [0.1, 0.15) is 0 Å². The van der Waals surface area contributed by atoms with Crippen LogP contribution in [0.1, 0.15) is 17.5 Å². The third-order valence-corrected chi connectivity index (χ3v) is 6.26. The third kappa shape index (κ3) is 3.23. The average Bonchev–Trinajstić information content (AvgIpc) is 2.46. The summed E-state index contributed by atoms with van der Waals surface area (Å²) in [6.07, 6.45) is 2.10. The topological polar surface area (TPSA) is 3.24 Å². The quantitative estimate of drug-likeness (QED) is 0.634. The van der Waals surface area contributed by atoms with Crippen molar-refractivity contribution in [2.75, 3.05) is 20.6 Å². The molecule has 1 aliphatic rings. The molecule has 3 rings (SSSR count). The minimum absolute atomic E-state index is 0.0705. The van der Waals surface area contributed by atoms with Gasteiger partial charge in [-0.15, -0.1) is 10.5 Å². The monoisotopic (exact) mass is 317 g/mol. The van der Waals surface area contributed by atoms with E-state index in [1.54, 1.807) is 0 Å². The van der Waals surface area contributed by atoms with Crippen molar-refractivity contribution in [1.82, 2.24) is 4.90 Å². The van der Waals surface area contributed by atoms with Crippen molar-refractivity contribution < 1.29 is 0 Å². The van der Waals surface area contributed by atoms with Crippen LogP contribution in [0, 0.1) is 0 Å². The van der Waals surface area contributed by atoms with E-state index in [4.69, 9.17) is 11.6 Å². The van der Waals surface area contributed by atoms with Crippen molar-refractivity contribution in [1.29, 1.82) is 0 Å². The predicted octanol–water partition coefficient (Wildman–Crippen LogP) is 4.69. The number of fused-ring (bicyclic) bond motifs is 2. The van der Waals surface area contributed by atoms with Crippen molar-refractivity contribution in [3.8, 4) is 0 Å². The van der Waals surface area contributed by atoms with E-state index in [2.05, 4.69) is 60.8 Å². The van der Waals surface area contributed by atoms with Gasteiger partial charge in [0.25, 0.3) is 0 Å². The Kier molecular flexibility index (Phi) is 4.48. The number of hydrogen-bond donors (Lipinski definition) is 0. The standard InChI is InChI=1S/C18H20ClNS/c1-20(2)10-5-11-21-17-7-4-3-6-14(17)12-15-13-16(19)8-9-18(15)21/h3-4,6-9,11,13H,5,10,12H2,1-2H3. The van der Waals surface area contributed by atoms with Crippen LogP contribution in [0.25, 0.3) is 0 Å². The molecular formula is C18H20ClNS. The molecule has 0 aromatic heterocycles. The Morgan fingerprint density at radius 3 is 2.67 bits per heavy atom. The van der Waals surface area contributed by atoms with Crippen LogP contribution in [0.3, 0.4) is 0 Å². The lowest BCUT2D eigenvalue weighted by molar-refractivity contribution is 0.424. The Morgan fingerprint density at radius 1 is 1.10 bits per heavy atom. The second-order valence-corrected chi connectivity index (χ2v) is 7.96. The van der Waals surface area contributed by atoms with E-state index >= 15 is 0 Å². The molecule has 1 atom stereocenters. The highest BCUT2D eigenvalue weighted by molar-refractivity contribution is 8.15. The first-order valence-corrected chi connectivity index (χ1v) is 8.89. The van der Waals surface area contributed by atoms with E-state index in [-0.39, 0.29) is 10.5 Å². The molecule has 1 aliphatic heterocycles.